The molecule has 0 atom stereocenters. The summed E-state index contributed by atoms with van der Waals surface area (Å²) in [5.41, 5.74) is 2.28. The van der Waals surface area contributed by atoms with Gasteiger partial charge in [0, 0.05) is 42.0 Å². The fourth-order valence-corrected chi connectivity index (χ4v) is 6.74. The summed E-state index contributed by atoms with van der Waals surface area (Å²) < 4.78 is 45.2. The van der Waals surface area contributed by atoms with Crippen LogP contribution in [0.4, 0.5) is 5.69 Å². The highest BCUT2D eigenvalue weighted by Crippen LogP contribution is 2.26. The Morgan fingerprint density at radius 3 is 2.53 bits per heavy atom. The number of nitrogens with one attached hydrogen (secondary N) is 1. The minimum Gasteiger partial charge on any atom is -0.452 e. The molecule has 6 rings (SSSR count). The molecule has 1 aliphatic rings. The fraction of sp³-hybridized carbons (Fsp3) is 0.176. The molecule has 0 spiro atoms. The van der Waals surface area contributed by atoms with Gasteiger partial charge in [-0.1, -0.05) is 42.5 Å². The van der Waals surface area contributed by atoms with E-state index in [1.165, 1.54) is 16.4 Å². The quantitative estimate of drug-likeness (QED) is 0.140. The van der Waals surface area contributed by atoms with Gasteiger partial charge in [0.1, 0.15) is 11.3 Å². The van der Waals surface area contributed by atoms with Gasteiger partial charge >= 0.3 is 11.6 Å². The number of carbonyl (C=O) groups is 2. The zero-order valence-electron chi connectivity index (χ0n) is 25.3. The zero-order valence-corrected chi connectivity index (χ0v) is 26.1. The normalized spacial score (nSPS) is 14.0. The molecule has 3 aromatic carbocycles. The Bertz CT molecular complexity index is 2150. The van der Waals surface area contributed by atoms with Crippen LogP contribution in [0.25, 0.3) is 34.0 Å². The molecule has 5 aromatic rings. The lowest BCUT2D eigenvalue weighted by atomic mass is 10.1. The number of benzene rings is 3. The van der Waals surface area contributed by atoms with Gasteiger partial charge in [0.05, 0.1) is 29.4 Å². The highest BCUT2D eigenvalue weighted by molar-refractivity contribution is 7.89. The number of para-hydroxylation sites is 2. The average molecular weight is 655 g/mol. The molecule has 1 amide bonds. The molecule has 1 aliphatic heterocycles. The summed E-state index contributed by atoms with van der Waals surface area (Å²) in [5, 5.41) is 7.90. The Kier molecular flexibility index (Phi) is 9.11. The van der Waals surface area contributed by atoms with Gasteiger partial charge in [-0.15, -0.1) is 0 Å². The number of aryl methyl sites for hydroxylation is 1. The van der Waals surface area contributed by atoms with Crippen molar-refractivity contribution in [3.8, 4) is 16.9 Å². The summed E-state index contributed by atoms with van der Waals surface area (Å²) in [6, 6.07) is 22.6. The van der Waals surface area contributed by atoms with Gasteiger partial charge in [-0.05, 0) is 55.0 Å². The molecule has 0 bridgehead atoms. The van der Waals surface area contributed by atoms with Crippen molar-refractivity contribution in [2.45, 2.75) is 11.8 Å². The van der Waals surface area contributed by atoms with E-state index in [9.17, 15) is 22.8 Å². The summed E-state index contributed by atoms with van der Waals surface area (Å²) in [6.45, 7) is 2.16. The van der Waals surface area contributed by atoms with Gasteiger partial charge in [-0.3, -0.25) is 4.79 Å². The molecule has 1 N–H and O–H groups in total. The number of ether oxygens (including phenoxy) is 2. The first-order valence-corrected chi connectivity index (χ1v) is 16.1. The Labute approximate surface area is 269 Å². The number of nitrogens with zero attached hydrogens (tertiary/aromatic N) is 3. The molecule has 0 unspecified atom stereocenters. The van der Waals surface area contributed by atoms with E-state index in [-0.39, 0.29) is 34.9 Å². The molecule has 3 heterocycles. The molecule has 0 saturated carbocycles. The molecule has 240 valence electrons. The fourth-order valence-electron chi connectivity index (χ4n) is 5.08. The number of rotatable bonds is 9. The van der Waals surface area contributed by atoms with Crippen molar-refractivity contribution in [2.75, 3.05) is 38.2 Å². The van der Waals surface area contributed by atoms with Gasteiger partial charge in [0.25, 0.3) is 5.91 Å². The smallest absolute Gasteiger partial charge is 0.345 e. The van der Waals surface area contributed by atoms with Gasteiger partial charge < -0.3 is 19.2 Å². The number of aromatic nitrogens is 2. The van der Waals surface area contributed by atoms with Gasteiger partial charge in [-0.25, -0.2) is 22.7 Å². The monoisotopic (exact) mass is 654 g/mol. The first-order chi connectivity index (χ1) is 22.7. The van der Waals surface area contributed by atoms with Crippen molar-refractivity contribution in [1.82, 2.24) is 14.1 Å². The Hall–Kier alpha value is -5.37. The maximum Gasteiger partial charge on any atom is 0.345 e. The number of carbonyl (C=O) groups excluding carboxylic acids is 2. The molecular weight excluding hydrogens is 624 g/mol. The van der Waals surface area contributed by atoms with E-state index in [2.05, 4.69) is 10.4 Å². The van der Waals surface area contributed by atoms with E-state index in [0.29, 0.717) is 35.3 Å². The number of amides is 1. The molecule has 12 nitrogen and oxygen atoms in total. The lowest BCUT2D eigenvalue weighted by Crippen LogP contribution is -2.40. The Morgan fingerprint density at radius 2 is 1.74 bits per heavy atom. The van der Waals surface area contributed by atoms with E-state index in [0.717, 1.165) is 11.8 Å². The number of hydrogen-bond donors (Lipinski definition) is 1. The first kappa shape index (κ1) is 31.6. The van der Waals surface area contributed by atoms with Crippen molar-refractivity contribution in [1.29, 1.82) is 0 Å². The van der Waals surface area contributed by atoms with Crippen LogP contribution in [0, 0.1) is 6.92 Å². The number of anilines is 1. The van der Waals surface area contributed by atoms with Crippen molar-refractivity contribution >= 4 is 44.6 Å². The summed E-state index contributed by atoms with van der Waals surface area (Å²) in [4.78, 5) is 38.3. The summed E-state index contributed by atoms with van der Waals surface area (Å²) in [6.07, 6.45) is 4.24. The summed E-state index contributed by atoms with van der Waals surface area (Å²) >= 11 is 0. The lowest BCUT2D eigenvalue weighted by Gasteiger charge is -2.26. The number of morpholine rings is 1. The largest absolute Gasteiger partial charge is 0.452 e. The molecule has 2 aromatic heterocycles. The molecule has 0 radical (unpaired) electrons. The van der Waals surface area contributed by atoms with Crippen LogP contribution in [0.1, 0.15) is 11.1 Å². The predicted molar refractivity (Wildman–Crippen MR) is 174 cm³/mol. The lowest BCUT2D eigenvalue weighted by molar-refractivity contribution is -0.142. The number of esters is 1. The van der Waals surface area contributed by atoms with Crippen LogP contribution in [-0.4, -0.2) is 67.3 Å². The maximum atomic E-state index is 13.2. The van der Waals surface area contributed by atoms with Crippen LogP contribution in [0.2, 0.25) is 0 Å². The Balaban J connectivity index is 1.17. The highest BCUT2D eigenvalue weighted by atomic mass is 32.2. The zero-order chi connectivity index (χ0) is 33.0. The van der Waals surface area contributed by atoms with Crippen molar-refractivity contribution in [3.63, 3.8) is 0 Å². The van der Waals surface area contributed by atoms with Crippen LogP contribution >= 0.6 is 0 Å². The second-order valence-electron chi connectivity index (χ2n) is 10.7. The van der Waals surface area contributed by atoms with Crippen molar-refractivity contribution in [3.05, 3.63) is 113 Å². The second kappa shape index (κ2) is 13.5. The van der Waals surface area contributed by atoms with Crippen molar-refractivity contribution in [2.24, 2.45) is 0 Å². The number of fused-ring (bicyclic) bond motifs is 1. The molecule has 13 heteroatoms. The third-order valence-electron chi connectivity index (χ3n) is 7.46. The van der Waals surface area contributed by atoms with Crippen LogP contribution in [-0.2, 0) is 29.1 Å². The molecule has 47 heavy (non-hydrogen) atoms. The predicted octanol–water partition coefficient (Wildman–Crippen LogP) is 4.17. The van der Waals surface area contributed by atoms with Gasteiger partial charge in [-0.2, -0.15) is 9.40 Å². The minimum absolute atomic E-state index is 0.0735. The minimum atomic E-state index is -3.79. The molecular formula is C34H30N4O8S. The SMILES string of the molecule is Cc1ccc(NC(=O)COC(=O)/C=C/c2cn(-c3ccccc3)nc2-c2cc3ccccc3oc2=O)cc1S(=O)(=O)N1CCOCC1. The van der Waals surface area contributed by atoms with Crippen molar-refractivity contribution < 1.29 is 31.9 Å². The number of hydrogen-bond acceptors (Lipinski definition) is 9. The molecule has 1 saturated heterocycles. The van der Waals surface area contributed by atoms with Crippen LogP contribution in [0.15, 0.2) is 105 Å². The maximum absolute atomic E-state index is 13.2. The van der Waals surface area contributed by atoms with Gasteiger partial charge in [0.15, 0.2) is 6.61 Å². The van der Waals surface area contributed by atoms with E-state index in [1.54, 1.807) is 48.1 Å². The topological polar surface area (TPSA) is 150 Å². The van der Waals surface area contributed by atoms with E-state index in [4.69, 9.17) is 13.9 Å². The van der Waals surface area contributed by atoms with Crippen LogP contribution in [0.5, 0.6) is 0 Å². The van der Waals surface area contributed by atoms with Crippen LogP contribution < -0.4 is 10.9 Å². The third-order valence-corrected chi connectivity index (χ3v) is 9.50. The standard InChI is InChI=1S/C34H30N4O8S/c1-23-11-13-26(20-30(23)47(42,43)37-15-17-44-18-16-37)35-31(39)22-45-32(40)14-12-25-21-38(27-8-3-2-4-9-27)36-33(25)28-19-24-7-5-6-10-29(24)46-34(28)41/h2-14,19-21H,15-18,22H2,1H3,(H,35,39)/b14-12+. The Morgan fingerprint density at radius 1 is 1.00 bits per heavy atom. The molecule has 0 aliphatic carbocycles. The first-order valence-electron chi connectivity index (χ1n) is 14.7. The second-order valence-corrected chi connectivity index (χ2v) is 12.6. The summed E-state index contributed by atoms with van der Waals surface area (Å²) in [7, 11) is -3.79. The summed E-state index contributed by atoms with van der Waals surface area (Å²) in [5.74, 6) is -1.47. The van der Waals surface area contributed by atoms with E-state index in [1.807, 2.05) is 42.5 Å². The van der Waals surface area contributed by atoms with Gasteiger partial charge in [0.2, 0.25) is 10.0 Å². The molecule has 1 fully saturated rings. The number of sulfonamides is 1. The van der Waals surface area contributed by atoms with Crippen LogP contribution in [0.3, 0.4) is 0 Å². The third kappa shape index (κ3) is 7.07. The highest BCUT2D eigenvalue weighted by Gasteiger charge is 2.28. The van der Waals surface area contributed by atoms with E-state index < -0.39 is 34.1 Å². The average Bonchev–Trinajstić information content (AvgIpc) is 3.51. The van der Waals surface area contributed by atoms with E-state index >= 15 is 0 Å².